The first-order valence-electron chi connectivity index (χ1n) is 5.60. The Hall–Kier alpha value is -0.920. The fourth-order valence-corrected chi connectivity index (χ4v) is 1.23. The van der Waals surface area contributed by atoms with Gasteiger partial charge in [0.1, 0.15) is 0 Å². The van der Waals surface area contributed by atoms with Crippen molar-refractivity contribution in [3.8, 4) is 0 Å². The number of hydrogen-bond donors (Lipinski definition) is 0. The van der Waals surface area contributed by atoms with Crippen LogP contribution >= 0.6 is 0 Å². The van der Waals surface area contributed by atoms with Crippen LogP contribution in [0.4, 0.5) is 0 Å². The maximum Gasteiger partial charge on any atom is 0.0646 e. The highest BCUT2D eigenvalue weighted by Crippen LogP contribution is 2.26. The van der Waals surface area contributed by atoms with Crippen molar-refractivity contribution in [1.29, 1.82) is 0 Å². The van der Waals surface area contributed by atoms with Gasteiger partial charge in [-0.15, -0.1) is 0 Å². The average Bonchev–Trinajstić information content (AvgIpc) is 2.17. The van der Waals surface area contributed by atoms with Gasteiger partial charge < -0.3 is 0 Å². The highest BCUT2D eigenvalue weighted by atomic mass is 14.8. The second-order valence-corrected chi connectivity index (χ2v) is 5.78. The van der Waals surface area contributed by atoms with Crippen LogP contribution in [0.15, 0.2) is 12.4 Å². The van der Waals surface area contributed by atoms with Gasteiger partial charge in [-0.3, -0.25) is 9.97 Å². The SMILES string of the molecule is CCC(C)(C)c1cncc(C(C)(C)C)n1. The summed E-state index contributed by atoms with van der Waals surface area (Å²) in [6, 6.07) is 0. The smallest absolute Gasteiger partial charge is 0.0646 e. The minimum absolute atomic E-state index is 0.0762. The Kier molecular flexibility index (Phi) is 3.17. The molecule has 84 valence electrons. The Morgan fingerprint density at radius 1 is 1.00 bits per heavy atom. The third-order valence-corrected chi connectivity index (χ3v) is 2.98. The van der Waals surface area contributed by atoms with Crippen molar-refractivity contribution in [2.24, 2.45) is 0 Å². The van der Waals surface area contributed by atoms with Gasteiger partial charge >= 0.3 is 0 Å². The zero-order chi connectivity index (χ0) is 11.7. The largest absolute Gasteiger partial charge is 0.261 e. The molecule has 0 aliphatic carbocycles. The predicted octanol–water partition coefficient (Wildman–Crippen LogP) is 3.46. The highest BCUT2D eigenvalue weighted by Gasteiger charge is 2.23. The van der Waals surface area contributed by atoms with Crippen molar-refractivity contribution < 1.29 is 0 Å². The molecule has 0 aliphatic heterocycles. The number of nitrogens with zero attached hydrogens (tertiary/aromatic N) is 2. The van der Waals surface area contributed by atoms with E-state index < -0.39 is 0 Å². The van der Waals surface area contributed by atoms with E-state index in [1.165, 1.54) is 0 Å². The molecule has 2 heteroatoms. The molecule has 15 heavy (non-hydrogen) atoms. The Balaban J connectivity index is 3.14. The summed E-state index contributed by atoms with van der Waals surface area (Å²) in [5, 5.41) is 0. The Labute approximate surface area is 93.2 Å². The summed E-state index contributed by atoms with van der Waals surface area (Å²) in [6.07, 6.45) is 4.84. The molecule has 0 spiro atoms. The second-order valence-electron chi connectivity index (χ2n) is 5.78. The van der Waals surface area contributed by atoms with Crippen molar-refractivity contribution >= 4 is 0 Å². The molecule has 0 fully saturated rings. The molecule has 0 amide bonds. The molecule has 2 nitrogen and oxygen atoms in total. The lowest BCUT2D eigenvalue weighted by Crippen LogP contribution is -2.22. The molecular formula is C13H22N2. The van der Waals surface area contributed by atoms with E-state index in [0.29, 0.717) is 0 Å². The Morgan fingerprint density at radius 2 is 1.53 bits per heavy atom. The lowest BCUT2D eigenvalue weighted by atomic mass is 9.86. The summed E-state index contributed by atoms with van der Waals surface area (Å²) in [4.78, 5) is 9.03. The lowest BCUT2D eigenvalue weighted by Gasteiger charge is -2.24. The molecule has 0 radical (unpaired) electrons. The fourth-order valence-electron chi connectivity index (χ4n) is 1.23. The summed E-state index contributed by atoms with van der Waals surface area (Å²) in [5.74, 6) is 0. The molecule has 0 saturated heterocycles. The van der Waals surface area contributed by atoms with Crippen molar-refractivity contribution in [3.63, 3.8) is 0 Å². The van der Waals surface area contributed by atoms with E-state index in [4.69, 9.17) is 4.98 Å². The van der Waals surface area contributed by atoms with Gasteiger partial charge in [-0.05, 0) is 6.42 Å². The van der Waals surface area contributed by atoms with E-state index in [1.54, 1.807) is 0 Å². The van der Waals surface area contributed by atoms with Crippen LogP contribution in [0.25, 0.3) is 0 Å². The van der Waals surface area contributed by atoms with Gasteiger partial charge in [-0.2, -0.15) is 0 Å². The highest BCUT2D eigenvalue weighted by molar-refractivity contribution is 5.17. The molecule has 0 aromatic carbocycles. The molecule has 0 N–H and O–H groups in total. The van der Waals surface area contributed by atoms with E-state index >= 15 is 0 Å². The van der Waals surface area contributed by atoms with Crippen LogP contribution in [-0.2, 0) is 10.8 Å². The van der Waals surface area contributed by atoms with Crippen LogP contribution in [0.5, 0.6) is 0 Å². The summed E-state index contributed by atoms with van der Waals surface area (Å²) in [5.41, 5.74) is 2.36. The normalized spacial score (nSPS) is 12.9. The monoisotopic (exact) mass is 206 g/mol. The molecular weight excluding hydrogens is 184 g/mol. The molecule has 0 bridgehead atoms. The summed E-state index contributed by atoms with van der Waals surface area (Å²) in [7, 11) is 0. The van der Waals surface area contributed by atoms with Crippen LogP contribution in [0.1, 0.15) is 59.4 Å². The first-order chi connectivity index (χ1) is 6.77. The lowest BCUT2D eigenvalue weighted by molar-refractivity contribution is 0.474. The van der Waals surface area contributed by atoms with E-state index in [1.807, 2.05) is 12.4 Å². The minimum atomic E-state index is 0.0762. The zero-order valence-corrected chi connectivity index (χ0v) is 10.8. The quantitative estimate of drug-likeness (QED) is 0.740. The minimum Gasteiger partial charge on any atom is -0.261 e. The second kappa shape index (κ2) is 3.92. The maximum atomic E-state index is 4.72. The molecule has 0 atom stereocenters. The Bertz CT molecular complexity index is 335. The van der Waals surface area contributed by atoms with E-state index in [2.05, 4.69) is 46.5 Å². The Morgan fingerprint density at radius 3 is 2.00 bits per heavy atom. The van der Waals surface area contributed by atoms with Crippen molar-refractivity contribution in [3.05, 3.63) is 23.8 Å². The maximum absolute atomic E-state index is 4.72. The first-order valence-corrected chi connectivity index (χ1v) is 5.60. The number of aromatic nitrogens is 2. The standard InChI is InChI=1S/C13H22N2/c1-7-13(5,6)11-9-14-8-10(15-11)12(2,3)4/h8-9H,7H2,1-6H3. The van der Waals surface area contributed by atoms with E-state index in [9.17, 15) is 0 Å². The predicted molar refractivity (Wildman–Crippen MR) is 64.0 cm³/mol. The van der Waals surface area contributed by atoms with Crippen LogP contribution < -0.4 is 0 Å². The van der Waals surface area contributed by atoms with Gasteiger partial charge in [-0.25, -0.2) is 0 Å². The zero-order valence-electron chi connectivity index (χ0n) is 10.8. The van der Waals surface area contributed by atoms with Crippen LogP contribution in [-0.4, -0.2) is 9.97 Å². The molecule has 0 aliphatic rings. The molecule has 1 heterocycles. The first kappa shape index (κ1) is 12.2. The van der Waals surface area contributed by atoms with Crippen molar-refractivity contribution in [2.75, 3.05) is 0 Å². The van der Waals surface area contributed by atoms with Crippen LogP contribution in [0.3, 0.4) is 0 Å². The summed E-state index contributed by atoms with van der Waals surface area (Å²) >= 11 is 0. The van der Waals surface area contributed by atoms with Crippen LogP contribution in [0, 0.1) is 0 Å². The third kappa shape index (κ3) is 2.77. The van der Waals surface area contributed by atoms with Crippen molar-refractivity contribution in [1.82, 2.24) is 9.97 Å². The van der Waals surface area contributed by atoms with Gasteiger partial charge in [0.2, 0.25) is 0 Å². The molecule has 0 saturated carbocycles. The summed E-state index contributed by atoms with van der Waals surface area (Å²) in [6.45, 7) is 13.1. The van der Waals surface area contributed by atoms with Crippen LogP contribution in [0.2, 0.25) is 0 Å². The fraction of sp³-hybridized carbons (Fsp3) is 0.692. The van der Waals surface area contributed by atoms with E-state index in [-0.39, 0.29) is 10.8 Å². The molecule has 1 rings (SSSR count). The van der Waals surface area contributed by atoms with Gasteiger partial charge in [0.25, 0.3) is 0 Å². The molecule has 0 unspecified atom stereocenters. The van der Waals surface area contributed by atoms with Gasteiger partial charge in [0, 0.05) is 23.2 Å². The summed E-state index contributed by atoms with van der Waals surface area (Å²) < 4.78 is 0. The average molecular weight is 206 g/mol. The van der Waals surface area contributed by atoms with Gasteiger partial charge in [0.05, 0.1) is 11.4 Å². The van der Waals surface area contributed by atoms with E-state index in [0.717, 1.165) is 17.8 Å². The third-order valence-electron chi connectivity index (χ3n) is 2.98. The van der Waals surface area contributed by atoms with Gasteiger partial charge in [0.15, 0.2) is 0 Å². The van der Waals surface area contributed by atoms with Crippen molar-refractivity contribution in [2.45, 2.75) is 58.8 Å². The molecule has 1 aromatic rings. The molecule has 1 aromatic heterocycles. The number of rotatable bonds is 2. The topological polar surface area (TPSA) is 25.8 Å². The van der Waals surface area contributed by atoms with Gasteiger partial charge in [-0.1, -0.05) is 41.5 Å². The number of hydrogen-bond acceptors (Lipinski definition) is 2.